The number of rotatable bonds is 7. The van der Waals surface area contributed by atoms with E-state index in [0.29, 0.717) is 12.2 Å². The van der Waals surface area contributed by atoms with Gasteiger partial charge in [0.15, 0.2) is 5.76 Å². The van der Waals surface area contributed by atoms with Crippen molar-refractivity contribution in [2.45, 2.75) is 26.4 Å². The van der Waals surface area contributed by atoms with E-state index in [9.17, 15) is 9.59 Å². The number of carboxylic acids is 1. The van der Waals surface area contributed by atoms with Crippen molar-refractivity contribution in [3.05, 3.63) is 53.5 Å². The van der Waals surface area contributed by atoms with Gasteiger partial charge >= 0.3 is 5.97 Å². The van der Waals surface area contributed by atoms with Crippen molar-refractivity contribution in [2.75, 3.05) is 6.54 Å². The van der Waals surface area contributed by atoms with Crippen LogP contribution in [0.4, 0.5) is 0 Å². The van der Waals surface area contributed by atoms with E-state index in [4.69, 9.17) is 14.3 Å². The van der Waals surface area contributed by atoms with Gasteiger partial charge in [-0.2, -0.15) is 0 Å². The number of furan rings is 1. The third-order valence-corrected chi connectivity index (χ3v) is 3.21. The molecule has 1 aromatic heterocycles. The van der Waals surface area contributed by atoms with Crippen LogP contribution in [-0.4, -0.2) is 29.6 Å². The molecule has 0 aliphatic heterocycles. The number of ether oxygens (including phenoxy) is 1. The maximum Gasteiger partial charge on any atom is 0.339 e. The summed E-state index contributed by atoms with van der Waals surface area (Å²) in [5, 5.41) is 11.7. The summed E-state index contributed by atoms with van der Waals surface area (Å²) in [6.07, 6.45) is 0.170. The molecule has 6 nitrogen and oxygen atoms in total. The number of hydrogen-bond acceptors (Lipinski definition) is 4. The van der Waals surface area contributed by atoms with Crippen LogP contribution in [0.5, 0.6) is 5.75 Å². The monoisotopic (exact) mass is 317 g/mol. The molecule has 0 fully saturated rings. The van der Waals surface area contributed by atoms with Crippen molar-refractivity contribution in [3.63, 3.8) is 0 Å². The van der Waals surface area contributed by atoms with Gasteiger partial charge in [0.1, 0.15) is 23.2 Å². The SMILES string of the molecule is CCc1oc(C(=O)NCC(C)Oc2ccccc2)cc1C(=O)O. The quantitative estimate of drug-likeness (QED) is 0.819. The molecule has 0 saturated carbocycles. The zero-order chi connectivity index (χ0) is 16.8. The van der Waals surface area contributed by atoms with Crippen LogP contribution in [-0.2, 0) is 6.42 Å². The molecule has 0 aliphatic rings. The molecule has 122 valence electrons. The van der Waals surface area contributed by atoms with Crippen LogP contribution in [0.2, 0.25) is 0 Å². The lowest BCUT2D eigenvalue weighted by atomic mass is 10.2. The minimum absolute atomic E-state index is 0.00818. The van der Waals surface area contributed by atoms with Crippen molar-refractivity contribution in [1.82, 2.24) is 5.32 Å². The van der Waals surface area contributed by atoms with Gasteiger partial charge in [-0.05, 0) is 19.1 Å². The highest BCUT2D eigenvalue weighted by atomic mass is 16.5. The average Bonchev–Trinajstić information content (AvgIpc) is 2.98. The Kier molecular flexibility index (Phi) is 5.41. The Balaban J connectivity index is 1.93. The van der Waals surface area contributed by atoms with Gasteiger partial charge in [0, 0.05) is 12.5 Å². The number of benzene rings is 1. The first-order valence-corrected chi connectivity index (χ1v) is 7.37. The minimum Gasteiger partial charge on any atom is -0.489 e. The molecule has 0 bridgehead atoms. The molecule has 0 radical (unpaired) electrons. The normalized spacial score (nSPS) is 11.7. The second-order valence-corrected chi connectivity index (χ2v) is 5.06. The molecule has 23 heavy (non-hydrogen) atoms. The molecule has 6 heteroatoms. The van der Waals surface area contributed by atoms with Gasteiger partial charge in [-0.15, -0.1) is 0 Å². The van der Waals surface area contributed by atoms with Crippen molar-refractivity contribution in [2.24, 2.45) is 0 Å². The predicted octanol–water partition coefficient (Wildman–Crippen LogP) is 2.74. The van der Waals surface area contributed by atoms with Gasteiger partial charge in [-0.25, -0.2) is 4.79 Å². The molecule has 1 amide bonds. The molecule has 2 N–H and O–H groups in total. The summed E-state index contributed by atoms with van der Waals surface area (Å²) in [5.41, 5.74) is 0.0197. The van der Waals surface area contributed by atoms with E-state index in [-0.39, 0.29) is 29.7 Å². The number of aromatic carboxylic acids is 1. The smallest absolute Gasteiger partial charge is 0.339 e. The first-order valence-electron chi connectivity index (χ1n) is 7.37. The number of amides is 1. The Hall–Kier alpha value is -2.76. The Bertz CT molecular complexity index is 678. The Morgan fingerprint density at radius 1 is 1.30 bits per heavy atom. The predicted molar refractivity (Wildman–Crippen MR) is 83.9 cm³/mol. The van der Waals surface area contributed by atoms with Gasteiger partial charge in [-0.3, -0.25) is 4.79 Å². The zero-order valence-electron chi connectivity index (χ0n) is 13.0. The van der Waals surface area contributed by atoms with E-state index in [0.717, 1.165) is 0 Å². The zero-order valence-corrected chi connectivity index (χ0v) is 13.0. The Morgan fingerprint density at radius 3 is 2.57 bits per heavy atom. The highest BCUT2D eigenvalue weighted by molar-refractivity contribution is 5.96. The molecular weight excluding hydrogens is 298 g/mol. The molecular formula is C17H19NO5. The fourth-order valence-corrected chi connectivity index (χ4v) is 2.08. The second-order valence-electron chi connectivity index (χ2n) is 5.06. The number of carbonyl (C=O) groups excluding carboxylic acids is 1. The van der Waals surface area contributed by atoms with Gasteiger partial charge in [-0.1, -0.05) is 25.1 Å². The van der Waals surface area contributed by atoms with Crippen LogP contribution in [0, 0.1) is 0 Å². The Morgan fingerprint density at radius 2 is 2.00 bits per heavy atom. The molecule has 2 rings (SSSR count). The summed E-state index contributed by atoms with van der Waals surface area (Å²) in [4.78, 5) is 23.1. The summed E-state index contributed by atoms with van der Waals surface area (Å²) in [6.45, 7) is 3.87. The van der Waals surface area contributed by atoms with E-state index >= 15 is 0 Å². The Labute approximate surface area is 134 Å². The maximum absolute atomic E-state index is 12.1. The molecule has 0 spiro atoms. The fourth-order valence-electron chi connectivity index (χ4n) is 2.08. The number of carbonyl (C=O) groups is 2. The summed E-state index contributed by atoms with van der Waals surface area (Å²) in [7, 11) is 0. The second kappa shape index (κ2) is 7.49. The lowest BCUT2D eigenvalue weighted by molar-refractivity contribution is 0.0694. The van der Waals surface area contributed by atoms with Crippen molar-refractivity contribution in [3.8, 4) is 5.75 Å². The molecule has 1 unspecified atom stereocenters. The number of aryl methyl sites for hydroxylation is 1. The molecule has 0 aliphatic carbocycles. The van der Waals surface area contributed by atoms with Crippen LogP contribution < -0.4 is 10.1 Å². The van der Waals surface area contributed by atoms with Crippen LogP contribution >= 0.6 is 0 Å². The summed E-state index contributed by atoms with van der Waals surface area (Å²) in [5.74, 6) is -0.572. The van der Waals surface area contributed by atoms with Crippen molar-refractivity contribution in [1.29, 1.82) is 0 Å². The third kappa shape index (κ3) is 4.35. The van der Waals surface area contributed by atoms with Crippen molar-refractivity contribution < 1.29 is 23.8 Å². The average molecular weight is 317 g/mol. The molecule has 2 aromatic rings. The summed E-state index contributed by atoms with van der Waals surface area (Å²) in [6, 6.07) is 10.5. The molecule has 1 aromatic carbocycles. The van der Waals surface area contributed by atoms with E-state index in [2.05, 4.69) is 5.32 Å². The number of para-hydroxylation sites is 1. The largest absolute Gasteiger partial charge is 0.489 e. The van der Waals surface area contributed by atoms with Crippen LogP contribution in [0.1, 0.15) is 40.5 Å². The van der Waals surface area contributed by atoms with E-state index in [1.165, 1.54) is 6.07 Å². The minimum atomic E-state index is -1.11. The first-order chi connectivity index (χ1) is 11.0. The maximum atomic E-state index is 12.1. The summed E-state index contributed by atoms with van der Waals surface area (Å²) >= 11 is 0. The van der Waals surface area contributed by atoms with E-state index in [1.807, 2.05) is 37.3 Å². The highest BCUT2D eigenvalue weighted by Gasteiger charge is 2.20. The number of hydrogen-bond donors (Lipinski definition) is 2. The van der Waals surface area contributed by atoms with Gasteiger partial charge in [0.05, 0.1) is 6.54 Å². The number of nitrogens with one attached hydrogen (secondary N) is 1. The van der Waals surface area contributed by atoms with E-state index < -0.39 is 11.9 Å². The lowest BCUT2D eigenvalue weighted by Gasteiger charge is -2.14. The van der Waals surface area contributed by atoms with E-state index in [1.54, 1.807) is 6.92 Å². The third-order valence-electron chi connectivity index (χ3n) is 3.21. The van der Waals surface area contributed by atoms with Crippen molar-refractivity contribution >= 4 is 11.9 Å². The van der Waals surface area contributed by atoms with Crippen LogP contribution in [0.25, 0.3) is 0 Å². The van der Waals surface area contributed by atoms with Gasteiger partial charge in [0.2, 0.25) is 0 Å². The van der Waals surface area contributed by atoms with Crippen LogP contribution in [0.15, 0.2) is 40.8 Å². The van der Waals surface area contributed by atoms with Gasteiger partial charge in [0.25, 0.3) is 5.91 Å². The standard InChI is InChI=1S/C17H19NO5/c1-3-14-13(17(20)21)9-15(23-14)16(19)18-10-11(2)22-12-7-5-4-6-8-12/h4-9,11H,3,10H2,1-2H3,(H,18,19)(H,20,21). The fraction of sp³-hybridized carbons (Fsp3) is 0.294. The summed E-state index contributed by atoms with van der Waals surface area (Å²) < 4.78 is 11.0. The topological polar surface area (TPSA) is 88.8 Å². The molecule has 1 atom stereocenters. The first kappa shape index (κ1) is 16.6. The lowest BCUT2D eigenvalue weighted by Crippen LogP contribution is -2.33. The van der Waals surface area contributed by atoms with Gasteiger partial charge < -0.3 is 19.6 Å². The highest BCUT2D eigenvalue weighted by Crippen LogP contribution is 2.16. The van der Waals surface area contributed by atoms with Crippen LogP contribution in [0.3, 0.4) is 0 Å². The number of carboxylic acid groups (broad SMARTS) is 1. The molecule has 0 saturated heterocycles. The molecule has 1 heterocycles.